The molecule has 39 heavy (non-hydrogen) atoms. The van der Waals surface area contributed by atoms with Gasteiger partial charge >= 0.3 is 6.09 Å². The number of hydrogen-bond acceptors (Lipinski definition) is 5. The molecule has 2 amide bonds. The van der Waals surface area contributed by atoms with Crippen LogP contribution in [0.25, 0.3) is 22.2 Å². The lowest BCUT2D eigenvalue weighted by Gasteiger charge is -2.25. The van der Waals surface area contributed by atoms with Crippen molar-refractivity contribution in [1.29, 1.82) is 0 Å². The molecular formula is C30H22ClFN4O3. The number of ether oxygens (including phenoxy) is 1. The van der Waals surface area contributed by atoms with Crippen molar-refractivity contribution < 1.29 is 18.7 Å². The first kappa shape index (κ1) is 24.8. The monoisotopic (exact) mass is 540 g/mol. The lowest BCUT2D eigenvalue weighted by Crippen LogP contribution is -2.42. The Hall–Kier alpha value is -4.56. The first-order valence-corrected chi connectivity index (χ1v) is 12.7. The topological polar surface area (TPSA) is 88.2 Å². The minimum absolute atomic E-state index is 0.0822. The molecule has 1 aliphatic rings. The number of pyridine rings is 1. The fourth-order valence-electron chi connectivity index (χ4n) is 4.90. The Morgan fingerprint density at radius 3 is 2.46 bits per heavy atom. The Morgan fingerprint density at radius 1 is 1.00 bits per heavy atom. The third-order valence-corrected chi connectivity index (χ3v) is 7.21. The molecule has 7 nitrogen and oxygen atoms in total. The molecular weight excluding hydrogens is 519 g/mol. The van der Waals surface area contributed by atoms with Crippen LogP contribution in [0.2, 0.25) is 5.15 Å². The molecule has 3 aromatic carbocycles. The highest BCUT2D eigenvalue weighted by Crippen LogP contribution is 2.41. The molecule has 2 atom stereocenters. The standard InChI is InChI=1S/C30H22ClFN4O3/c1-18(20-7-11-23(32)12-8-20)36-28(37)30(39-29(36)38,16-19-5-3-2-4-6-19)27-34-24-13-9-21(15-25(24)35-27)22-10-14-26(31)33-17-22/h2-15,17-18H,16H2,1H3,(H,34,35)/t18-,30-/m1/s1. The van der Waals surface area contributed by atoms with Gasteiger partial charge in [-0.25, -0.2) is 24.1 Å². The number of carbonyl (C=O) groups is 2. The van der Waals surface area contributed by atoms with Crippen LogP contribution in [-0.4, -0.2) is 31.9 Å². The minimum atomic E-state index is -1.71. The smallest absolute Gasteiger partial charge is 0.418 e. The molecule has 1 aliphatic heterocycles. The van der Waals surface area contributed by atoms with Crippen molar-refractivity contribution in [2.75, 3.05) is 0 Å². The number of halogens is 2. The molecule has 6 rings (SSSR count). The maximum absolute atomic E-state index is 14.1. The molecule has 1 N–H and O–H groups in total. The Labute approximate surface area is 228 Å². The number of imidazole rings is 1. The number of rotatable bonds is 6. The second kappa shape index (κ2) is 9.63. The average Bonchev–Trinajstić information content (AvgIpc) is 3.48. The van der Waals surface area contributed by atoms with Gasteiger partial charge in [-0.1, -0.05) is 60.1 Å². The van der Waals surface area contributed by atoms with E-state index in [2.05, 4.69) is 9.97 Å². The van der Waals surface area contributed by atoms with Crippen LogP contribution in [0.15, 0.2) is 91.1 Å². The third-order valence-electron chi connectivity index (χ3n) is 6.98. The van der Waals surface area contributed by atoms with Crippen molar-refractivity contribution in [3.8, 4) is 11.1 Å². The number of benzene rings is 3. The molecule has 194 valence electrons. The molecule has 9 heteroatoms. The second-order valence-corrected chi connectivity index (χ2v) is 9.83. The van der Waals surface area contributed by atoms with E-state index >= 15 is 0 Å². The van der Waals surface area contributed by atoms with Gasteiger partial charge in [-0.3, -0.25) is 4.79 Å². The van der Waals surface area contributed by atoms with Gasteiger partial charge in [0.25, 0.3) is 11.5 Å². The first-order chi connectivity index (χ1) is 18.8. The van der Waals surface area contributed by atoms with Crippen molar-refractivity contribution in [2.45, 2.75) is 25.0 Å². The van der Waals surface area contributed by atoms with Crippen LogP contribution < -0.4 is 0 Å². The summed E-state index contributed by atoms with van der Waals surface area (Å²) < 4.78 is 19.5. The molecule has 1 fully saturated rings. The average molecular weight is 541 g/mol. The Bertz CT molecular complexity index is 1690. The van der Waals surface area contributed by atoms with Crippen molar-refractivity contribution >= 4 is 34.6 Å². The van der Waals surface area contributed by atoms with E-state index in [9.17, 15) is 14.0 Å². The Balaban J connectivity index is 1.43. The summed E-state index contributed by atoms with van der Waals surface area (Å²) >= 11 is 5.94. The Morgan fingerprint density at radius 2 is 1.74 bits per heavy atom. The van der Waals surface area contributed by atoms with Gasteiger partial charge in [-0.2, -0.15) is 0 Å². The van der Waals surface area contributed by atoms with Crippen molar-refractivity contribution in [3.63, 3.8) is 0 Å². The zero-order valence-corrected chi connectivity index (χ0v) is 21.5. The van der Waals surface area contributed by atoms with Crippen LogP contribution in [0.4, 0.5) is 9.18 Å². The highest BCUT2D eigenvalue weighted by Gasteiger charge is 2.58. The predicted molar refractivity (Wildman–Crippen MR) is 144 cm³/mol. The van der Waals surface area contributed by atoms with Crippen LogP contribution in [0, 0.1) is 5.82 Å². The van der Waals surface area contributed by atoms with Gasteiger partial charge in [-0.05, 0) is 60.0 Å². The summed E-state index contributed by atoms with van der Waals surface area (Å²) in [5, 5.41) is 0.394. The van der Waals surface area contributed by atoms with Crippen molar-refractivity contribution in [1.82, 2.24) is 19.9 Å². The van der Waals surface area contributed by atoms with E-state index in [1.165, 1.54) is 12.1 Å². The van der Waals surface area contributed by atoms with E-state index in [4.69, 9.17) is 21.3 Å². The van der Waals surface area contributed by atoms with Gasteiger partial charge in [0, 0.05) is 18.2 Å². The van der Waals surface area contributed by atoms with E-state index in [1.807, 2.05) is 54.6 Å². The zero-order chi connectivity index (χ0) is 27.1. The normalized spacial score (nSPS) is 18.0. The number of amides is 2. The van der Waals surface area contributed by atoms with E-state index in [0.717, 1.165) is 21.6 Å². The molecule has 0 aliphatic carbocycles. The Kier molecular flexibility index (Phi) is 6.12. The lowest BCUT2D eigenvalue weighted by molar-refractivity contribution is -0.139. The number of aromatic nitrogens is 3. The molecule has 0 unspecified atom stereocenters. The molecule has 0 saturated carbocycles. The highest BCUT2D eigenvalue weighted by atomic mass is 35.5. The summed E-state index contributed by atoms with van der Waals surface area (Å²) in [5.41, 5.74) is 2.67. The van der Waals surface area contributed by atoms with E-state index in [0.29, 0.717) is 21.7 Å². The van der Waals surface area contributed by atoms with Gasteiger partial charge in [-0.15, -0.1) is 0 Å². The van der Waals surface area contributed by atoms with E-state index < -0.39 is 29.5 Å². The van der Waals surface area contributed by atoms with Crippen LogP contribution in [0.5, 0.6) is 0 Å². The quantitative estimate of drug-likeness (QED) is 0.245. The minimum Gasteiger partial charge on any atom is -0.424 e. The van der Waals surface area contributed by atoms with Gasteiger partial charge < -0.3 is 9.72 Å². The number of H-pyrrole nitrogens is 1. The number of fused-ring (bicyclic) bond motifs is 1. The van der Waals surface area contributed by atoms with Gasteiger partial charge in [0.1, 0.15) is 11.0 Å². The molecule has 1 saturated heterocycles. The van der Waals surface area contributed by atoms with Crippen molar-refractivity contribution in [3.05, 3.63) is 119 Å². The fourth-order valence-corrected chi connectivity index (χ4v) is 5.01. The number of carbonyl (C=O) groups excluding carboxylic acids is 2. The SMILES string of the molecule is C[C@H](c1ccc(F)cc1)N1C(=O)O[C@](Cc2ccccc2)(c2nc3cc(-c4ccc(Cl)nc4)ccc3[nH]2)C1=O. The second-order valence-electron chi connectivity index (χ2n) is 9.45. The van der Waals surface area contributed by atoms with Crippen LogP contribution in [0.3, 0.4) is 0 Å². The number of imide groups is 1. The van der Waals surface area contributed by atoms with Crippen LogP contribution >= 0.6 is 11.6 Å². The molecule has 2 aromatic heterocycles. The zero-order valence-electron chi connectivity index (χ0n) is 20.8. The summed E-state index contributed by atoms with van der Waals surface area (Å²) in [6.45, 7) is 1.70. The van der Waals surface area contributed by atoms with Gasteiger partial charge in [0.2, 0.25) is 0 Å². The first-order valence-electron chi connectivity index (χ1n) is 12.3. The number of aromatic amines is 1. The lowest BCUT2D eigenvalue weighted by atomic mass is 9.92. The number of hydrogen-bond donors (Lipinski definition) is 1. The molecule has 3 heterocycles. The maximum atomic E-state index is 14.1. The van der Waals surface area contributed by atoms with Gasteiger partial charge in [0.15, 0.2) is 5.82 Å². The number of nitrogens with zero attached hydrogens (tertiary/aromatic N) is 3. The molecule has 5 aromatic rings. The summed E-state index contributed by atoms with van der Waals surface area (Å²) in [6, 6.07) is 23.5. The summed E-state index contributed by atoms with van der Waals surface area (Å²) in [4.78, 5) is 40.6. The highest BCUT2D eigenvalue weighted by molar-refractivity contribution is 6.29. The molecule has 0 spiro atoms. The summed E-state index contributed by atoms with van der Waals surface area (Å²) in [5.74, 6) is -0.732. The van der Waals surface area contributed by atoms with Gasteiger partial charge in [0.05, 0.1) is 17.1 Å². The maximum Gasteiger partial charge on any atom is 0.418 e. The van der Waals surface area contributed by atoms with Crippen LogP contribution in [0.1, 0.15) is 29.9 Å². The summed E-state index contributed by atoms with van der Waals surface area (Å²) in [6.07, 6.45) is 0.963. The molecule has 0 bridgehead atoms. The third kappa shape index (κ3) is 4.42. The fraction of sp³-hybridized carbons (Fsp3) is 0.133. The predicted octanol–water partition coefficient (Wildman–Crippen LogP) is 6.60. The number of nitrogens with one attached hydrogen (secondary N) is 1. The van der Waals surface area contributed by atoms with E-state index in [1.54, 1.807) is 31.3 Å². The largest absolute Gasteiger partial charge is 0.424 e. The van der Waals surface area contributed by atoms with Crippen LogP contribution in [-0.2, 0) is 21.6 Å². The van der Waals surface area contributed by atoms with E-state index in [-0.39, 0.29) is 12.2 Å². The summed E-state index contributed by atoms with van der Waals surface area (Å²) in [7, 11) is 0. The molecule has 0 radical (unpaired) electrons. The van der Waals surface area contributed by atoms with Crippen molar-refractivity contribution in [2.24, 2.45) is 0 Å². The number of cyclic esters (lactones) is 1.